The van der Waals surface area contributed by atoms with Gasteiger partial charge in [0.2, 0.25) is 0 Å². The number of hydrogen-bond donors (Lipinski definition) is 0. The van der Waals surface area contributed by atoms with Crippen LogP contribution in [0, 0.1) is 0 Å². The van der Waals surface area contributed by atoms with Crippen molar-refractivity contribution in [3.63, 3.8) is 0 Å². The summed E-state index contributed by atoms with van der Waals surface area (Å²) in [4.78, 5) is 11.8. The summed E-state index contributed by atoms with van der Waals surface area (Å²) in [5, 5.41) is 0. The molecule has 120 valence electrons. The van der Waals surface area contributed by atoms with Crippen LogP contribution in [-0.2, 0) is 16.6 Å². The first-order valence-corrected chi connectivity index (χ1v) is 8.55. The summed E-state index contributed by atoms with van der Waals surface area (Å²) >= 11 is 0. The number of benzene rings is 2. The summed E-state index contributed by atoms with van der Waals surface area (Å²) in [6.07, 6.45) is 6.09. The molecule has 0 amide bonds. The van der Waals surface area contributed by atoms with Crippen LogP contribution in [0.3, 0.4) is 0 Å². The first kappa shape index (κ1) is 15.8. The topological polar surface area (TPSA) is 26.3 Å². The van der Waals surface area contributed by atoms with Gasteiger partial charge >= 0.3 is 5.97 Å². The molecule has 1 saturated carbocycles. The molecule has 2 nitrogen and oxygen atoms in total. The molecule has 3 rings (SSSR count). The standard InChI is InChI=1S/C21H24O2/c1-2-23-20(22)18-9-11-19(12-10-18)21(14-6-15-21)16-13-17-7-4-3-5-8-17/h3-5,7-12H,2,6,13-16H2,1H3. The molecule has 0 aliphatic heterocycles. The van der Waals surface area contributed by atoms with Crippen molar-refractivity contribution < 1.29 is 9.53 Å². The van der Waals surface area contributed by atoms with E-state index in [-0.39, 0.29) is 5.97 Å². The Morgan fingerprint density at radius 3 is 2.30 bits per heavy atom. The van der Waals surface area contributed by atoms with Crippen LogP contribution in [0.1, 0.15) is 54.1 Å². The highest BCUT2D eigenvalue weighted by Gasteiger charge is 2.38. The van der Waals surface area contributed by atoms with Gasteiger partial charge in [0.1, 0.15) is 0 Å². The highest BCUT2D eigenvalue weighted by atomic mass is 16.5. The van der Waals surface area contributed by atoms with Crippen LogP contribution in [-0.4, -0.2) is 12.6 Å². The Morgan fingerprint density at radius 2 is 1.74 bits per heavy atom. The fourth-order valence-corrected chi connectivity index (χ4v) is 3.49. The van der Waals surface area contributed by atoms with Gasteiger partial charge in [0.05, 0.1) is 12.2 Å². The van der Waals surface area contributed by atoms with Gasteiger partial charge in [0.25, 0.3) is 0 Å². The normalized spacial score (nSPS) is 15.7. The highest BCUT2D eigenvalue weighted by molar-refractivity contribution is 5.89. The molecule has 0 atom stereocenters. The minimum Gasteiger partial charge on any atom is -0.462 e. The van der Waals surface area contributed by atoms with Crippen LogP contribution in [0.5, 0.6) is 0 Å². The lowest BCUT2D eigenvalue weighted by atomic mass is 9.62. The zero-order valence-electron chi connectivity index (χ0n) is 13.8. The molecular formula is C21H24O2. The molecule has 1 aliphatic carbocycles. The summed E-state index contributed by atoms with van der Waals surface area (Å²) in [5.74, 6) is -0.231. The van der Waals surface area contributed by atoms with E-state index >= 15 is 0 Å². The average molecular weight is 308 g/mol. The van der Waals surface area contributed by atoms with Gasteiger partial charge < -0.3 is 4.74 Å². The van der Waals surface area contributed by atoms with Gasteiger partial charge in [0, 0.05) is 0 Å². The van der Waals surface area contributed by atoms with Crippen molar-refractivity contribution in [2.24, 2.45) is 0 Å². The van der Waals surface area contributed by atoms with E-state index < -0.39 is 0 Å². The molecule has 0 heterocycles. The first-order valence-electron chi connectivity index (χ1n) is 8.55. The molecule has 0 aromatic heterocycles. The summed E-state index contributed by atoms with van der Waals surface area (Å²) in [6, 6.07) is 18.8. The second kappa shape index (κ2) is 6.99. The van der Waals surface area contributed by atoms with Gasteiger partial charge in [-0.1, -0.05) is 48.9 Å². The van der Waals surface area contributed by atoms with Crippen LogP contribution in [0.15, 0.2) is 54.6 Å². The van der Waals surface area contributed by atoms with Crippen molar-refractivity contribution in [2.75, 3.05) is 6.61 Å². The summed E-state index contributed by atoms with van der Waals surface area (Å²) in [7, 11) is 0. The molecule has 0 spiro atoms. The van der Waals surface area contributed by atoms with E-state index in [2.05, 4.69) is 42.5 Å². The molecule has 2 aromatic carbocycles. The Balaban J connectivity index is 1.71. The van der Waals surface area contributed by atoms with E-state index in [0.717, 1.165) is 6.42 Å². The third kappa shape index (κ3) is 3.47. The predicted octanol–water partition coefficient (Wildman–Crippen LogP) is 4.92. The maximum atomic E-state index is 11.8. The second-order valence-electron chi connectivity index (χ2n) is 6.42. The van der Waals surface area contributed by atoms with E-state index in [1.54, 1.807) is 0 Å². The maximum Gasteiger partial charge on any atom is 0.338 e. The number of carbonyl (C=O) groups is 1. The van der Waals surface area contributed by atoms with Gasteiger partial charge in [-0.15, -0.1) is 0 Å². The Labute approximate surface area is 138 Å². The van der Waals surface area contributed by atoms with Gasteiger partial charge in [-0.25, -0.2) is 4.79 Å². The van der Waals surface area contributed by atoms with Crippen molar-refractivity contribution in [1.82, 2.24) is 0 Å². The van der Waals surface area contributed by atoms with Crippen molar-refractivity contribution >= 4 is 5.97 Å². The summed E-state index contributed by atoms with van der Waals surface area (Å²) < 4.78 is 5.06. The van der Waals surface area contributed by atoms with E-state index in [0.29, 0.717) is 17.6 Å². The summed E-state index contributed by atoms with van der Waals surface area (Å²) in [5.41, 5.74) is 3.71. The first-order chi connectivity index (χ1) is 11.2. The highest BCUT2D eigenvalue weighted by Crippen LogP contribution is 2.47. The van der Waals surface area contributed by atoms with Crippen molar-refractivity contribution in [3.8, 4) is 0 Å². The predicted molar refractivity (Wildman–Crippen MR) is 92.7 cm³/mol. The van der Waals surface area contributed by atoms with Crippen molar-refractivity contribution in [2.45, 2.75) is 44.4 Å². The lowest BCUT2D eigenvalue weighted by molar-refractivity contribution is 0.0526. The fourth-order valence-electron chi connectivity index (χ4n) is 3.49. The molecule has 1 fully saturated rings. The lowest BCUT2D eigenvalue weighted by Crippen LogP contribution is -2.34. The number of aryl methyl sites for hydroxylation is 1. The molecular weight excluding hydrogens is 284 g/mol. The van der Waals surface area contributed by atoms with Gasteiger partial charge in [-0.3, -0.25) is 0 Å². The number of rotatable bonds is 6. The molecule has 2 heteroatoms. The van der Waals surface area contributed by atoms with E-state index in [1.165, 1.54) is 36.8 Å². The smallest absolute Gasteiger partial charge is 0.338 e. The zero-order chi connectivity index (χ0) is 16.1. The molecule has 0 saturated heterocycles. The number of ether oxygens (including phenoxy) is 1. The third-order valence-electron chi connectivity index (χ3n) is 5.05. The molecule has 0 N–H and O–H groups in total. The SMILES string of the molecule is CCOC(=O)c1ccc(C2(CCc3ccccc3)CCC2)cc1. The van der Waals surface area contributed by atoms with E-state index in [1.807, 2.05) is 19.1 Å². The molecule has 0 unspecified atom stereocenters. The Morgan fingerprint density at radius 1 is 1.04 bits per heavy atom. The molecule has 23 heavy (non-hydrogen) atoms. The van der Waals surface area contributed by atoms with Crippen molar-refractivity contribution in [1.29, 1.82) is 0 Å². The Kier molecular flexibility index (Phi) is 4.80. The van der Waals surface area contributed by atoms with Crippen LogP contribution >= 0.6 is 0 Å². The number of carbonyl (C=O) groups excluding carboxylic acids is 1. The zero-order valence-corrected chi connectivity index (χ0v) is 13.8. The monoisotopic (exact) mass is 308 g/mol. The van der Waals surface area contributed by atoms with Crippen LogP contribution < -0.4 is 0 Å². The Bertz CT molecular complexity index is 639. The summed E-state index contributed by atoms with van der Waals surface area (Å²) in [6.45, 7) is 2.25. The van der Waals surface area contributed by atoms with Gasteiger partial charge in [-0.05, 0) is 61.3 Å². The largest absolute Gasteiger partial charge is 0.462 e. The van der Waals surface area contributed by atoms with Crippen molar-refractivity contribution in [3.05, 3.63) is 71.3 Å². The van der Waals surface area contributed by atoms with Crippen LogP contribution in [0.4, 0.5) is 0 Å². The van der Waals surface area contributed by atoms with Gasteiger partial charge in [0.15, 0.2) is 0 Å². The van der Waals surface area contributed by atoms with E-state index in [9.17, 15) is 4.79 Å². The minimum absolute atomic E-state index is 0.231. The molecule has 0 radical (unpaired) electrons. The molecule has 0 bridgehead atoms. The minimum atomic E-state index is -0.231. The quantitative estimate of drug-likeness (QED) is 0.708. The number of hydrogen-bond acceptors (Lipinski definition) is 2. The fraction of sp³-hybridized carbons (Fsp3) is 0.381. The third-order valence-corrected chi connectivity index (χ3v) is 5.05. The van der Waals surface area contributed by atoms with Gasteiger partial charge in [-0.2, -0.15) is 0 Å². The lowest BCUT2D eigenvalue weighted by Gasteiger charge is -2.43. The van der Waals surface area contributed by atoms with E-state index in [4.69, 9.17) is 4.74 Å². The average Bonchev–Trinajstić information content (AvgIpc) is 2.56. The van der Waals surface area contributed by atoms with Crippen LogP contribution in [0.25, 0.3) is 0 Å². The Hall–Kier alpha value is -2.09. The number of esters is 1. The molecule has 1 aliphatic rings. The second-order valence-corrected chi connectivity index (χ2v) is 6.42. The molecule has 2 aromatic rings. The maximum absolute atomic E-state index is 11.8. The van der Waals surface area contributed by atoms with Crippen LogP contribution in [0.2, 0.25) is 0 Å².